The van der Waals surface area contributed by atoms with Gasteiger partial charge in [0, 0.05) is 31.1 Å². The van der Waals surface area contributed by atoms with Crippen molar-refractivity contribution in [1.82, 2.24) is 9.47 Å². The van der Waals surface area contributed by atoms with Crippen molar-refractivity contribution in [2.75, 3.05) is 14.2 Å². The number of benzene rings is 1. The van der Waals surface area contributed by atoms with Crippen molar-refractivity contribution in [3.63, 3.8) is 0 Å². The van der Waals surface area contributed by atoms with E-state index in [-0.39, 0.29) is 11.8 Å². The molecule has 0 N–H and O–H groups in total. The fourth-order valence-corrected chi connectivity index (χ4v) is 4.17. The molecule has 5 nitrogen and oxygen atoms in total. The number of hydrogen-bond acceptors (Lipinski definition) is 3. The molecule has 1 aliphatic rings. The second kappa shape index (κ2) is 7.52. The SMILES string of the molecule is COc1ccc2c(c1)c(CC(=O)N(C)C1CCCCC1)c(C)n2C(C)=O. The van der Waals surface area contributed by atoms with Crippen molar-refractivity contribution < 1.29 is 14.3 Å². The largest absolute Gasteiger partial charge is 0.497 e. The summed E-state index contributed by atoms with van der Waals surface area (Å²) in [5.41, 5.74) is 2.59. The Morgan fingerprint density at radius 1 is 1.23 bits per heavy atom. The van der Waals surface area contributed by atoms with E-state index < -0.39 is 0 Å². The van der Waals surface area contributed by atoms with Gasteiger partial charge in [-0.3, -0.25) is 14.2 Å². The van der Waals surface area contributed by atoms with Gasteiger partial charge in [0.15, 0.2) is 0 Å². The fraction of sp³-hybridized carbons (Fsp3) is 0.524. The summed E-state index contributed by atoms with van der Waals surface area (Å²) in [6.45, 7) is 3.47. The number of fused-ring (bicyclic) bond motifs is 1. The van der Waals surface area contributed by atoms with E-state index in [1.807, 2.05) is 37.1 Å². The topological polar surface area (TPSA) is 51.5 Å². The van der Waals surface area contributed by atoms with Crippen LogP contribution in [0.5, 0.6) is 5.75 Å². The van der Waals surface area contributed by atoms with E-state index in [9.17, 15) is 9.59 Å². The molecular formula is C21H28N2O3. The van der Waals surface area contributed by atoms with Gasteiger partial charge >= 0.3 is 0 Å². The summed E-state index contributed by atoms with van der Waals surface area (Å²) < 4.78 is 7.04. The van der Waals surface area contributed by atoms with Crippen molar-refractivity contribution in [2.24, 2.45) is 0 Å². The molecule has 5 heteroatoms. The molecule has 2 aromatic rings. The van der Waals surface area contributed by atoms with E-state index in [1.165, 1.54) is 19.3 Å². The molecule has 0 saturated heterocycles. The highest BCUT2D eigenvalue weighted by Crippen LogP contribution is 2.31. The average molecular weight is 356 g/mol. The second-order valence-electron chi connectivity index (χ2n) is 7.27. The van der Waals surface area contributed by atoms with Crippen LogP contribution in [0.3, 0.4) is 0 Å². The smallest absolute Gasteiger partial charge is 0.228 e. The van der Waals surface area contributed by atoms with E-state index >= 15 is 0 Å². The molecule has 0 atom stereocenters. The van der Waals surface area contributed by atoms with Crippen LogP contribution in [-0.2, 0) is 11.2 Å². The van der Waals surface area contributed by atoms with Crippen LogP contribution >= 0.6 is 0 Å². The van der Waals surface area contributed by atoms with Gasteiger partial charge in [0.2, 0.25) is 11.8 Å². The third-order valence-corrected chi connectivity index (χ3v) is 5.70. The number of likely N-dealkylation sites (N-methyl/N-ethyl adjacent to an activating group) is 1. The molecule has 1 aromatic carbocycles. The lowest BCUT2D eigenvalue weighted by Gasteiger charge is -2.31. The number of hydrogen-bond donors (Lipinski definition) is 0. The number of rotatable bonds is 4. The number of nitrogens with zero attached hydrogens (tertiary/aromatic N) is 2. The predicted molar refractivity (Wildman–Crippen MR) is 103 cm³/mol. The first kappa shape index (κ1) is 18.5. The Hall–Kier alpha value is -2.30. The Morgan fingerprint density at radius 2 is 1.92 bits per heavy atom. The first-order chi connectivity index (χ1) is 12.4. The van der Waals surface area contributed by atoms with Crippen molar-refractivity contribution in [3.05, 3.63) is 29.5 Å². The third-order valence-electron chi connectivity index (χ3n) is 5.70. The second-order valence-corrected chi connectivity index (χ2v) is 7.27. The van der Waals surface area contributed by atoms with Gasteiger partial charge in [-0.2, -0.15) is 0 Å². The average Bonchev–Trinajstić information content (AvgIpc) is 2.92. The molecule has 0 bridgehead atoms. The van der Waals surface area contributed by atoms with E-state index in [2.05, 4.69) is 0 Å². The Morgan fingerprint density at radius 3 is 2.54 bits per heavy atom. The Labute approximate surface area is 154 Å². The molecule has 140 valence electrons. The molecule has 1 aliphatic carbocycles. The van der Waals surface area contributed by atoms with Crippen molar-refractivity contribution in [3.8, 4) is 5.75 Å². The van der Waals surface area contributed by atoms with E-state index in [4.69, 9.17) is 4.74 Å². The number of methoxy groups -OCH3 is 1. The molecule has 1 fully saturated rings. The number of carbonyl (C=O) groups excluding carboxylic acids is 2. The molecule has 1 aromatic heterocycles. The standard InChI is InChI=1S/C21H28N2O3/c1-14-18(13-21(25)22(3)16-8-6-5-7-9-16)19-12-17(26-4)10-11-20(19)23(14)15(2)24/h10-12,16H,5-9,13H2,1-4H3. The highest BCUT2D eigenvalue weighted by molar-refractivity contribution is 5.98. The molecule has 0 unspecified atom stereocenters. The monoisotopic (exact) mass is 356 g/mol. The van der Waals surface area contributed by atoms with Gasteiger partial charge in [0.05, 0.1) is 19.0 Å². The summed E-state index contributed by atoms with van der Waals surface area (Å²) in [5.74, 6) is 0.801. The van der Waals surface area contributed by atoms with E-state index in [0.717, 1.165) is 40.8 Å². The van der Waals surface area contributed by atoms with Crippen LogP contribution in [0.1, 0.15) is 55.1 Å². The quantitative estimate of drug-likeness (QED) is 0.833. The highest BCUT2D eigenvalue weighted by atomic mass is 16.5. The first-order valence-electron chi connectivity index (χ1n) is 9.38. The Balaban J connectivity index is 1.96. The normalized spacial score (nSPS) is 15.2. The van der Waals surface area contributed by atoms with Crippen molar-refractivity contribution >= 4 is 22.7 Å². The zero-order valence-corrected chi connectivity index (χ0v) is 16.2. The summed E-state index contributed by atoms with van der Waals surface area (Å²) >= 11 is 0. The molecular weight excluding hydrogens is 328 g/mol. The van der Waals surface area contributed by atoms with E-state index in [0.29, 0.717) is 12.5 Å². The maximum atomic E-state index is 12.9. The molecule has 0 spiro atoms. The maximum absolute atomic E-state index is 12.9. The van der Waals surface area contributed by atoms with Crippen LogP contribution < -0.4 is 4.74 Å². The van der Waals surface area contributed by atoms with Gasteiger partial charge in [-0.05, 0) is 43.5 Å². The first-order valence-corrected chi connectivity index (χ1v) is 9.38. The fourth-order valence-electron chi connectivity index (χ4n) is 4.17. The molecule has 1 heterocycles. The molecule has 0 radical (unpaired) electrons. The van der Waals surface area contributed by atoms with Gasteiger partial charge < -0.3 is 9.64 Å². The van der Waals surface area contributed by atoms with Crippen LogP contribution in [0.15, 0.2) is 18.2 Å². The zero-order chi connectivity index (χ0) is 18.8. The number of ether oxygens (including phenoxy) is 1. The predicted octanol–water partition coefficient (Wildman–Crippen LogP) is 3.95. The minimum absolute atomic E-state index is 0.0444. The molecule has 1 saturated carbocycles. The summed E-state index contributed by atoms with van der Waals surface area (Å²) in [6, 6.07) is 6.00. The molecule has 26 heavy (non-hydrogen) atoms. The maximum Gasteiger partial charge on any atom is 0.228 e. The highest BCUT2D eigenvalue weighted by Gasteiger charge is 2.25. The summed E-state index contributed by atoms with van der Waals surface area (Å²) in [5, 5.41) is 0.919. The van der Waals surface area contributed by atoms with Gasteiger partial charge in [0.1, 0.15) is 5.75 Å². The van der Waals surface area contributed by atoms with Crippen LogP contribution in [0, 0.1) is 6.92 Å². The van der Waals surface area contributed by atoms with Crippen LogP contribution in [0.2, 0.25) is 0 Å². The van der Waals surface area contributed by atoms with Gasteiger partial charge in [-0.1, -0.05) is 19.3 Å². The van der Waals surface area contributed by atoms with Gasteiger partial charge in [0.25, 0.3) is 0 Å². The number of carbonyl (C=O) groups is 2. The summed E-state index contributed by atoms with van der Waals surface area (Å²) in [6.07, 6.45) is 6.14. The number of aromatic nitrogens is 1. The Bertz CT molecular complexity index is 831. The molecule has 1 amide bonds. The van der Waals surface area contributed by atoms with Gasteiger partial charge in [-0.25, -0.2) is 0 Å². The van der Waals surface area contributed by atoms with E-state index in [1.54, 1.807) is 18.6 Å². The van der Waals surface area contributed by atoms with Crippen LogP contribution in [-0.4, -0.2) is 41.5 Å². The van der Waals surface area contributed by atoms with Crippen molar-refractivity contribution in [2.45, 2.75) is 58.4 Å². The summed E-state index contributed by atoms with van der Waals surface area (Å²) in [4.78, 5) is 27.0. The molecule has 0 aliphatic heterocycles. The van der Waals surface area contributed by atoms with Gasteiger partial charge in [-0.15, -0.1) is 0 Å². The van der Waals surface area contributed by atoms with Crippen LogP contribution in [0.25, 0.3) is 10.9 Å². The molecule has 3 rings (SSSR count). The van der Waals surface area contributed by atoms with Crippen molar-refractivity contribution in [1.29, 1.82) is 0 Å². The number of amides is 1. The van der Waals surface area contributed by atoms with Crippen LogP contribution in [0.4, 0.5) is 0 Å². The lowest BCUT2D eigenvalue weighted by Crippen LogP contribution is -2.39. The lowest BCUT2D eigenvalue weighted by atomic mass is 9.94. The minimum atomic E-state index is -0.0444. The lowest BCUT2D eigenvalue weighted by molar-refractivity contribution is -0.131. The Kier molecular flexibility index (Phi) is 5.35. The summed E-state index contributed by atoms with van der Waals surface area (Å²) in [7, 11) is 3.54. The minimum Gasteiger partial charge on any atom is -0.497 e. The third kappa shape index (κ3) is 3.35. The zero-order valence-electron chi connectivity index (χ0n) is 16.2.